The highest BCUT2D eigenvalue weighted by molar-refractivity contribution is 6.31. The number of aliphatic hydroxyl groups is 2. The van der Waals surface area contributed by atoms with E-state index in [9.17, 15) is 46.1 Å². The van der Waals surface area contributed by atoms with Gasteiger partial charge in [-0.2, -0.15) is 36.5 Å². The number of carbonyl (C=O) groups excluding carboxylic acids is 2. The Hall–Kier alpha value is -7.34. The first-order valence-electron chi connectivity index (χ1n) is 26.1. The highest BCUT2D eigenvalue weighted by Crippen LogP contribution is 2.40. The second kappa shape index (κ2) is 24.2. The van der Waals surface area contributed by atoms with Gasteiger partial charge < -0.3 is 29.5 Å². The molecule has 10 rings (SSSR count). The molecule has 2 aliphatic rings. The molecule has 0 bridgehead atoms. The standard InChI is InChI=1S/2C29H29ClF3N5O3/c2*1-17-15-36(24(16-39)21-6-4-5-7-23(21)30)12-13-37(17)28(40)22-14-34-38-26(29(31,32)33)18(2)25(35-27(22)38)19-8-10-20(41-3)11-9-19/h2*4-11,14,17,24,39H,12-13,15-16H2,1-3H3/t17-,24+;17-,24-/m11/s1. The van der Waals surface area contributed by atoms with Gasteiger partial charge in [-0.3, -0.25) is 19.4 Å². The van der Waals surface area contributed by atoms with Crippen LogP contribution in [0.2, 0.25) is 10.0 Å². The quantitative estimate of drug-likeness (QED) is 0.111. The van der Waals surface area contributed by atoms with Crippen LogP contribution in [0.5, 0.6) is 11.5 Å². The Morgan fingerprint density at radius 3 is 1.24 bits per heavy atom. The minimum atomic E-state index is -4.74. The highest BCUT2D eigenvalue weighted by Gasteiger charge is 2.42. The zero-order valence-corrected chi connectivity index (χ0v) is 46.9. The summed E-state index contributed by atoms with van der Waals surface area (Å²) in [5, 5.41) is 29.3. The summed E-state index contributed by atoms with van der Waals surface area (Å²) in [5.41, 5.74) is 0.124. The number of carbonyl (C=O) groups is 2. The number of alkyl halides is 6. The van der Waals surface area contributed by atoms with Crippen molar-refractivity contribution in [2.75, 3.05) is 66.7 Å². The Bertz CT molecular complexity index is 3380. The van der Waals surface area contributed by atoms with Crippen LogP contribution in [0.1, 0.15) is 80.3 Å². The number of nitrogens with zero attached hydrogens (tertiary/aromatic N) is 10. The summed E-state index contributed by atoms with van der Waals surface area (Å²) in [5.74, 6) is 0.177. The lowest BCUT2D eigenvalue weighted by Gasteiger charge is -2.43. The number of benzene rings is 4. The van der Waals surface area contributed by atoms with E-state index in [1.165, 1.54) is 28.1 Å². The topological polar surface area (TPSA) is 166 Å². The number of piperazine rings is 2. The second-order valence-electron chi connectivity index (χ2n) is 20.0. The number of rotatable bonds is 12. The van der Waals surface area contributed by atoms with Gasteiger partial charge in [-0.15, -0.1) is 0 Å². The predicted octanol–water partition coefficient (Wildman–Crippen LogP) is 10.5. The first-order chi connectivity index (χ1) is 39.1. The molecule has 4 aromatic heterocycles. The maximum absolute atomic E-state index is 14.3. The van der Waals surface area contributed by atoms with E-state index in [-0.39, 0.29) is 82.3 Å². The minimum absolute atomic E-state index is 0.0182. The smallest absolute Gasteiger partial charge is 0.433 e. The molecule has 82 heavy (non-hydrogen) atoms. The number of hydrogen-bond acceptors (Lipinski definition) is 12. The van der Waals surface area contributed by atoms with E-state index in [1.54, 1.807) is 70.5 Å². The van der Waals surface area contributed by atoms with Crippen molar-refractivity contribution in [3.63, 3.8) is 0 Å². The van der Waals surface area contributed by atoms with E-state index in [4.69, 9.17) is 32.7 Å². The molecule has 0 unspecified atom stereocenters. The molecule has 2 saturated heterocycles. The van der Waals surface area contributed by atoms with Gasteiger partial charge in [0, 0.05) is 83.7 Å². The molecule has 2 amide bonds. The summed E-state index contributed by atoms with van der Waals surface area (Å²) in [7, 11) is 3.00. The molecule has 2 N–H and O–H groups in total. The molecule has 4 atom stereocenters. The van der Waals surface area contributed by atoms with Gasteiger partial charge in [-0.1, -0.05) is 59.6 Å². The van der Waals surface area contributed by atoms with Crippen LogP contribution in [0, 0.1) is 13.8 Å². The maximum atomic E-state index is 14.3. The van der Waals surface area contributed by atoms with Crippen LogP contribution in [0.15, 0.2) is 109 Å². The van der Waals surface area contributed by atoms with Gasteiger partial charge in [0.15, 0.2) is 22.7 Å². The van der Waals surface area contributed by atoms with Crippen LogP contribution in [0.3, 0.4) is 0 Å². The van der Waals surface area contributed by atoms with Crippen LogP contribution < -0.4 is 9.47 Å². The lowest BCUT2D eigenvalue weighted by atomic mass is 10.0. The van der Waals surface area contributed by atoms with Gasteiger partial charge in [-0.25, -0.2) is 19.0 Å². The number of aromatic nitrogens is 6. The Balaban J connectivity index is 0.000000198. The Morgan fingerprint density at radius 2 is 0.939 bits per heavy atom. The van der Waals surface area contributed by atoms with Crippen molar-refractivity contribution in [2.24, 2.45) is 0 Å². The summed E-state index contributed by atoms with van der Waals surface area (Å²) < 4.78 is 97.6. The molecule has 432 valence electrons. The van der Waals surface area contributed by atoms with E-state index in [2.05, 4.69) is 30.0 Å². The normalized spacial score (nSPS) is 17.2. The predicted molar refractivity (Wildman–Crippen MR) is 296 cm³/mol. The van der Waals surface area contributed by atoms with Crippen molar-refractivity contribution in [1.29, 1.82) is 0 Å². The number of hydrogen-bond donors (Lipinski definition) is 2. The fourth-order valence-corrected chi connectivity index (χ4v) is 11.5. The molecule has 24 heteroatoms. The Morgan fingerprint density at radius 1 is 0.585 bits per heavy atom. The number of amides is 2. The van der Waals surface area contributed by atoms with E-state index < -0.39 is 35.6 Å². The molecule has 2 aliphatic heterocycles. The van der Waals surface area contributed by atoms with E-state index >= 15 is 0 Å². The van der Waals surface area contributed by atoms with E-state index in [0.717, 1.165) is 23.5 Å². The second-order valence-corrected chi connectivity index (χ2v) is 20.8. The zero-order chi connectivity index (χ0) is 58.9. The summed E-state index contributed by atoms with van der Waals surface area (Å²) in [4.78, 5) is 43.9. The van der Waals surface area contributed by atoms with Crippen molar-refractivity contribution in [3.8, 4) is 34.0 Å². The Labute approximate surface area is 478 Å². The molecule has 0 saturated carbocycles. The number of methoxy groups -OCH3 is 2. The molecule has 4 aromatic carbocycles. The van der Waals surface area contributed by atoms with Gasteiger partial charge in [0.2, 0.25) is 0 Å². The summed E-state index contributed by atoms with van der Waals surface area (Å²) in [6.45, 7) is 8.40. The van der Waals surface area contributed by atoms with Gasteiger partial charge in [0.05, 0.1) is 63.3 Å². The van der Waals surface area contributed by atoms with Crippen molar-refractivity contribution >= 4 is 46.3 Å². The largest absolute Gasteiger partial charge is 0.497 e. The Kier molecular flexibility index (Phi) is 17.5. The van der Waals surface area contributed by atoms with Crippen LogP contribution >= 0.6 is 23.2 Å². The highest BCUT2D eigenvalue weighted by atomic mass is 35.5. The third-order valence-electron chi connectivity index (χ3n) is 15.1. The van der Waals surface area contributed by atoms with Crippen molar-refractivity contribution < 1.29 is 55.6 Å². The third kappa shape index (κ3) is 11.7. The summed E-state index contributed by atoms with van der Waals surface area (Å²) in [6.07, 6.45) is -7.18. The number of ether oxygens (including phenoxy) is 2. The molecule has 8 aromatic rings. The van der Waals surface area contributed by atoms with Crippen molar-refractivity contribution in [2.45, 2.75) is 64.2 Å². The third-order valence-corrected chi connectivity index (χ3v) is 15.8. The summed E-state index contributed by atoms with van der Waals surface area (Å²) >= 11 is 12.8. The zero-order valence-electron chi connectivity index (χ0n) is 45.4. The molecule has 0 aliphatic carbocycles. The van der Waals surface area contributed by atoms with E-state index in [1.807, 2.05) is 50.2 Å². The minimum Gasteiger partial charge on any atom is -0.497 e. The van der Waals surface area contributed by atoms with E-state index in [0.29, 0.717) is 81.0 Å². The first-order valence-corrected chi connectivity index (χ1v) is 26.9. The molecule has 0 radical (unpaired) electrons. The van der Waals surface area contributed by atoms with Crippen LogP contribution in [-0.4, -0.2) is 150 Å². The molecular weight excluding hydrogens is 1120 g/mol. The lowest BCUT2D eigenvalue weighted by molar-refractivity contribution is -0.144. The van der Waals surface area contributed by atoms with Crippen LogP contribution in [-0.2, 0) is 12.4 Å². The van der Waals surface area contributed by atoms with Gasteiger partial charge in [-0.05, 0) is 99.5 Å². The fourth-order valence-electron chi connectivity index (χ4n) is 10.9. The number of aliphatic hydroxyl groups excluding tert-OH is 2. The number of halogens is 8. The molecule has 2 fully saturated rings. The van der Waals surface area contributed by atoms with Crippen molar-refractivity contribution in [3.05, 3.63) is 164 Å². The fraction of sp³-hybridized carbons (Fsp3) is 0.345. The van der Waals surface area contributed by atoms with Gasteiger partial charge in [0.25, 0.3) is 11.8 Å². The maximum Gasteiger partial charge on any atom is 0.433 e. The number of fused-ring (bicyclic) bond motifs is 2. The average Bonchev–Trinajstić information content (AvgIpc) is 3.93. The monoisotopic (exact) mass is 1170 g/mol. The van der Waals surface area contributed by atoms with Crippen LogP contribution in [0.4, 0.5) is 26.3 Å². The molecule has 6 heterocycles. The van der Waals surface area contributed by atoms with Crippen LogP contribution in [0.25, 0.3) is 33.8 Å². The SMILES string of the molecule is COc1ccc(-c2nc3c(C(=O)N4CCN([C@@H](CO)c5ccccc5Cl)C[C@H]4C)cnn3c(C(F)(F)F)c2C)cc1.COc1ccc(-c2nc3c(C(=O)N4CCN([C@H](CO)c5ccccc5Cl)C[C@H]4C)cnn3c(C(F)(F)F)c2C)cc1. The van der Waals surface area contributed by atoms with Gasteiger partial charge >= 0.3 is 12.4 Å². The van der Waals surface area contributed by atoms with Gasteiger partial charge in [0.1, 0.15) is 22.6 Å². The summed E-state index contributed by atoms with van der Waals surface area (Å²) in [6, 6.07) is 26.3. The van der Waals surface area contributed by atoms with Crippen molar-refractivity contribution in [1.82, 2.24) is 48.8 Å². The molecule has 0 spiro atoms. The molecule has 16 nitrogen and oxygen atoms in total. The molecular formula is C58H58Cl2F6N10O6. The first kappa shape index (κ1) is 59.3. The lowest BCUT2D eigenvalue weighted by Crippen LogP contribution is -2.55. The average molecular weight is 1180 g/mol.